The van der Waals surface area contributed by atoms with E-state index in [1.54, 1.807) is 30.3 Å². The number of benzene rings is 1. The Morgan fingerprint density at radius 3 is 2.80 bits per heavy atom. The Balaban J connectivity index is 1.34. The third-order valence-corrected chi connectivity index (χ3v) is 8.47. The van der Waals surface area contributed by atoms with Gasteiger partial charge in [0.05, 0.1) is 18.7 Å². The molecule has 0 spiro atoms. The van der Waals surface area contributed by atoms with E-state index in [1.165, 1.54) is 17.4 Å². The van der Waals surface area contributed by atoms with Crippen LogP contribution in [0, 0.1) is 11.8 Å². The number of nitrogens with one attached hydrogen (secondary N) is 1. The van der Waals surface area contributed by atoms with Crippen LogP contribution in [-0.2, 0) is 32.1 Å². The molecular weight excluding hydrogens is 551 g/mol. The molecule has 0 radical (unpaired) electrons. The summed E-state index contributed by atoms with van der Waals surface area (Å²) in [5.74, 6) is -1.03. The Morgan fingerprint density at radius 2 is 2.05 bits per heavy atom. The highest BCUT2D eigenvalue weighted by Crippen LogP contribution is 2.37. The van der Waals surface area contributed by atoms with Crippen molar-refractivity contribution in [3.8, 4) is 28.1 Å². The molecule has 2 aliphatic heterocycles. The first-order valence-corrected chi connectivity index (χ1v) is 14.4. The number of carboxylic acid groups (broad SMARTS) is 1. The smallest absolute Gasteiger partial charge is 0.304 e. The number of ether oxygens (including phenoxy) is 1. The number of nitrogens with zero attached hydrogens (tertiary/aromatic N) is 3. The molecule has 216 valence electrons. The van der Waals surface area contributed by atoms with Crippen molar-refractivity contribution in [2.24, 2.45) is 11.8 Å². The second kappa shape index (κ2) is 12.7. The predicted octanol–water partition coefficient (Wildman–Crippen LogP) is 4.57. The number of pyridine rings is 1. The third-order valence-electron chi connectivity index (χ3n) is 7.63. The van der Waals surface area contributed by atoms with Crippen molar-refractivity contribution in [2.75, 3.05) is 25.2 Å². The molecule has 0 bridgehead atoms. The largest absolute Gasteiger partial charge is 0.481 e. The van der Waals surface area contributed by atoms with Gasteiger partial charge in [-0.25, -0.2) is 9.97 Å². The van der Waals surface area contributed by atoms with E-state index < -0.39 is 11.9 Å². The number of carbonyl (C=O) groups is 3. The molecule has 1 fully saturated rings. The normalized spacial score (nSPS) is 16.2. The highest BCUT2D eigenvalue weighted by molar-refractivity contribution is 7.09. The number of rotatable bonds is 10. The molecule has 4 heterocycles. The molecule has 1 aromatic carbocycles. The maximum absolute atomic E-state index is 13.1. The van der Waals surface area contributed by atoms with Gasteiger partial charge >= 0.3 is 5.97 Å². The fourth-order valence-corrected chi connectivity index (χ4v) is 6.13. The second-order valence-corrected chi connectivity index (χ2v) is 11.3. The van der Waals surface area contributed by atoms with Gasteiger partial charge < -0.3 is 15.2 Å². The highest BCUT2D eigenvalue weighted by atomic mass is 32.1. The Morgan fingerprint density at radius 1 is 1.24 bits per heavy atom. The van der Waals surface area contributed by atoms with Crippen LogP contribution in [0.5, 0.6) is 5.75 Å². The third kappa shape index (κ3) is 6.71. The summed E-state index contributed by atoms with van der Waals surface area (Å²) in [6, 6.07) is 6.79. The molecular formula is C29H31FN4O6S. The maximum Gasteiger partial charge on any atom is 0.304 e. The molecule has 1 atom stereocenters. The van der Waals surface area contributed by atoms with Gasteiger partial charge in [-0.05, 0) is 67.0 Å². The van der Waals surface area contributed by atoms with E-state index in [4.69, 9.17) is 4.74 Å². The van der Waals surface area contributed by atoms with Crippen molar-refractivity contribution in [1.82, 2.24) is 15.3 Å². The number of hydrogen-bond donors (Lipinski definition) is 2. The van der Waals surface area contributed by atoms with E-state index in [9.17, 15) is 24.0 Å². The topological polar surface area (TPSA) is 131 Å². The number of halogens is 1. The molecule has 0 unspecified atom stereocenters. The summed E-state index contributed by atoms with van der Waals surface area (Å²) in [5, 5.41) is 14.6. The Kier molecular flexibility index (Phi) is 8.89. The Hall–Kier alpha value is -3.90. The summed E-state index contributed by atoms with van der Waals surface area (Å²) in [7, 11) is 1.70. The summed E-state index contributed by atoms with van der Waals surface area (Å²) in [6.45, 7) is 1.40. The summed E-state index contributed by atoms with van der Waals surface area (Å²) < 4.78 is 18.5. The first-order valence-electron chi connectivity index (χ1n) is 13.5. The number of carbonyl (C=O) groups excluding carboxylic acids is 2. The number of aliphatic carboxylic acids is 1. The van der Waals surface area contributed by atoms with E-state index >= 15 is 0 Å². The van der Waals surface area contributed by atoms with Crippen LogP contribution in [0.2, 0.25) is 0 Å². The van der Waals surface area contributed by atoms with E-state index in [0.717, 1.165) is 29.5 Å². The first-order chi connectivity index (χ1) is 19.8. The lowest BCUT2D eigenvalue weighted by Gasteiger charge is -2.25. The van der Waals surface area contributed by atoms with Crippen LogP contribution in [0.3, 0.4) is 0 Å². The lowest BCUT2D eigenvalue weighted by Crippen LogP contribution is -2.33. The number of fused-ring (bicyclic) bond motifs is 1. The van der Waals surface area contributed by atoms with E-state index in [1.807, 2.05) is 11.4 Å². The van der Waals surface area contributed by atoms with Gasteiger partial charge in [0, 0.05) is 59.8 Å². The van der Waals surface area contributed by atoms with Crippen molar-refractivity contribution in [2.45, 2.75) is 45.1 Å². The Labute approximate surface area is 240 Å². The molecule has 2 aliphatic rings. The SMILES string of the molecule is CN1C(=O)CCc2cc(-c3ccc(OF)cc3-c3csc(CNC(=O)[C@@H](CC(=O)O)CC4CCOCC4)n3)cnc21. The maximum atomic E-state index is 13.1. The average Bonchev–Trinajstić information content (AvgIpc) is 3.46. The van der Waals surface area contributed by atoms with Crippen LogP contribution in [-0.4, -0.2) is 53.1 Å². The molecule has 3 aromatic rings. The molecule has 0 saturated carbocycles. The summed E-state index contributed by atoms with van der Waals surface area (Å²) in [5.41, 5.74) is 3.69. The lowest BCUT2D eigenvalue weighted by molar-refractivity contribution is -0.141. The van der Waals surface area contributed by atoms with Gasteiger partial charge in [-0.15, -0.1) is 11.3 Å². The fourth-order valence-electron chi connectivity index (χ4n) is 5.40. The zero-order chi connectivity index (χ0) is 28.9. The van der Waals surface area contributed by atoms with Gasteiger partial charge in [0.25, 0.3) is 0 Å². The second-order valence-electron chi connectivity index (χ2n) is 10.4. The van der Waals surface area contributed by atoms with Gasteiger partial charge in [-0.2, -0.15) is 0 Å². The van der Waals surface area contributed by atoms with E-state index in [0.29, 0.717) is 54.6 Å². The molecule has 1 saturated heterocycles. The minimum absolute atomic E-state index is 0.0165. The van der Waals surface area contributed by atoms with Crippen LogP contribution in [0.25, 0.3) is 22.4 Å². The fraction of sp³-hybridized carbons (Fsp3) is 0.414. The van der Waals surface area contributed by atoms with Crippen LogP contribution < -0.4 is 15.2 Å². The van der Waals surface area contributed by atoms with Crippen molar-refractivity contribution in [3.63, 3.8) is 0 Å². The van der Waals surface area contributed by atoms with Gasteiger partial charge in [0.15, 0.2) is 5.75 Å². The van der Waals surface area contributed by atoms with Crippen molar-refractivity contribution >= 4 is 34.9 Å². The number of aromatic nitrogens is 2. The standard InChI is InChI=1S/C29H31FN4O6S/c1-34-26(35)5-2-18-11-20(14-31-28(18)34)22-4-3-21(40-30)13-23(22)24-16-41-25(33-24)15-32-29(38)19(12-27(36)37)10-17-6-8-39-9-7-17/h3-4,11,13-14,16-17,19H,2,5-10,12,15H2,1H3,(H,32,38)(H,36,37)/t19-/m1/s1. The molecule has 2 aromatic heterocycles. The molecule has 2 amide bonds. The molecule has 5 rings (SSSR count). The average molecular weight is 583 g/mol. The Bertz CT molecular complexity index is 1440. The minimum atomic E-state index is -1.01. The predicted molar refractivity (Wildman–Crippen MR) is 150 cm³/mol. The molecule has 12 heteroatoms. The zero-order valence-electron chi connectivity index (χ0n) is 22.6. The van der Waals surface area contributed by atoms with Crippen LogP contribution in [0.15, 0.2) is 35.8 Å². The number of anilines is 1. The zero-order valence-corrected chi connectivity index (χ0v) is 23.4. The monoisotopic (exact) mass is 582 g/mol. The van der Waals surface area contributed by atoms with Gasteiger partial charge in [0.1, 0.15) is 10.8 Å². The van der Waals surface area contributed by atoms with Crippen molar-refractivity contribution in [3.05, 3.63) is 46.4 Å². The van der Waals surface area contributed by atoms with E-state index in [-0.39, 0.29) is 36.4 Å². The summed E-state index contributed by atoms with van der Waals surface area (Å²) in [4.78, 5) is 51.2. The number of carboxylic acids is 1. The van der Waals surface area contributed by atoms with E-state index in [2.05, 4.69) is 20.2 Å². The first kappa shape index (κ1) is 28.6. The van der Waals surface area contributed by atoms with Gasteiger partial charge in [0.2, 0.25) is 11.8 Å². The van der Waals surface area contributed by atoms with Crippen LogP contribution >= 0.6 is 11.3 Å². The number of amides is 2. The summed E-state index contributed by atoms with van der Waals surface area (Å²) >= 11 is 1.34. The molecule has 0 aliphatic carbocycles. The van der Waals surface area contributed by atoms with Crippen molar-refractivity contribution < 1.29 is 33.7 Å². The minimum Gasteiger partial charge on any atom is -0.481 e. The quantitative estimate of drug-likeness (QED) is 0.356. The van der Waals surface area contributed by atoms with Crippen LogP contribution in [0.1, 0.15) is 42.7 Å². The lowest BCUT2D eigenvalue weighted by atomic mass is 9.86. The van der Waals surface area contributed by atoms with Crippen LogP contribution in [0.4, 0.5) is 10.3 Å². The highest BCUT2D eigenvalue weighted by Gasteiger charge is 2.27. The number of aryl methyl sites for hydroxylation is 1. The van der Waals surface area contributed by atoms with Crippen molar-refractivity contribution in [1.29, 1.82) is 0 Å². The van der Waals surface area contributed by atoms with Gasteiger partial charge in [-0.1, -0.05) is 0 Å². The molecule has 2 N–H and O–H groups in total. The molecule has 41 heavy (non-hydrogen) atoms. The van der Waals surface area contributed by atoms with Gasteiger partial charge in [-0.3, -0.25) is 24.2 Å². The molecule has 10 nitrogen and oxygen atoms in total. The summed E-state index contributed by atoms with van der Waals surface area (Å²) in [6.07, 6.45) is 4.57. The number of thiazole rings is 1. The number of hydrogen-bond acceptors (Lipinski definition) is 8.